The summed E-state index contributed by atoms with van der Waals surface area (Å²) in [5, 5.41) is 3.60. The first-order valence-corrected chi connectivity index (χ1v) is 7.74. The van der Waals surface area contributed by atoms with Gasteiger partial charge in [0.2, 0.25) is 0 Å². The Morgan fingerprint density at radius 2 is 2.25 bits per heavy atom. The molecule has 1 aromatic carbocycles. The van der Waals surface area contributed by atoms with Crippen LogP contribution in [0.4, 0.5) is 0 Å². The lowest BCUT2D eigenvalue weighted by molar-refractivity contribution is 0.356. The number of hydrogen-bond donors (Lipinski definition) is 2. The van der Waals surface area contributed by atoms with Gasteiger partial charge in [0.15, 0.2) is 0 Å². The smallest absolute Gasteiger partial charge is 0.122 e. The van der Waals surface area contributed by atoms with E-state index in [-0.39, 0.29) is 6.04 Å². The number of fused-ring (bicyclic) bond motifs is 1. The van der Waals surface area contributed by atoms with Crippen LogP contribution < -0.4 is 15.8 Å². The number of benzene rings is 1. The van der Waals surface area contributed by atoms with Crippen molar-refractivity contribution in [2.75, 3.05) is 19.7 Å². The summed E-state index contributed by atoms with van der Waals surface area (Å²) in [5.74, 6) is 1.04. The summed E-state index contributed by atoms with van der Waals surface area (Å²) in [6.07, 6.45) is 8.45. The van der Waals surface area contributed by atoms with Gasteiger partial charge in [0.05, 0.1) is 6.61 Å². The highest BCUT2D eigenvalue weighted by Gasteiger charge is 2.16. The van der Waals surface area contributed by atoms with E-state index in [1.807, 2.05) is 0 Å². The van der Waals surface area contributed by atoms with Crippen LogP contribution in [0.2, 0.25) is 0 Å². The lowest BCUT2D eigenvalue weighted by atomic mass is 10.0. The second kappa shape index (κ2) is 6.42. The molecule has 3 heteroatoms. The molecule has 0 saturated carbocycles. The average Bonchev–Trinajstić information content (AvgIpc) is 3.13. The van der Waals surface area contributed by atoms with Crippen LogP contribution in [0, 0.1) is 0 Å². The summed E-state index contributed by atoms with van der Waals surface area (Å²) < 4.78 is 5.56. The molecular weight excluding hydrogens is 248 g/mol. The van der Waals surface area contributed by atoms with Gasteiger partial charge in [-0.15, -0.1) is 0 Å². The predicted molar refractivity (Wildman–Crippen MR) is 82.0 cm³/mol. The minimum atomic E-state index is 0.253. The van der Waals surface area contributed by atoms with Gasteiger partial charge in [-0.2, -0.15) is 0 Å². The van der Waals surface area contributed by atoms with Crippen LogP contribution in [-0.4, -0.2) is 19.7 Å². The van der Waals surface area contributed by atoms with Crippen LogP contribution in [0.25, 0.3) is 0 Å². The Morgan fingerprint density at radius 1 is 1.30 bits per heavy atom. The van der Waals surface area contributed by atoms with Gasteiger partial charge in [-0.3, -0.25) is 0 Å². The van der Waals surface area contributed by atoms with Crippen molar-refractivity contribution in [3.05, 3.63) is 41.0 Å². The summed E-state index contributed by atoms with van der Waals surface area (Å²) in [5.41, 5.74) is 10.2. The molecule has 3 nitrogen and oxygen atoms in total. The molecule has 0 radical (unpaired) electrons. The topological polar surface area (TPSA) is 47.3 Å². The Bertz CT molecular complexity index is 496. The van der Waals surface area contributed by atoms with Crippen molar-refractivity contribution in [1.29, 1.82) is 0 Å². The molecule has 0 spiro atoms. The zero-order chi connectivity index (χ0) is 13.8. The van der Waals surface area contributed by atoms with E-state index in [1.165, 1.54) is 30.4 Å². The second-order valence-corrected chi connectivity index (χ2v) is 5.71. The van der Waals surface area contributed by atoms with Crippen LogP contribution in [0.1, 0.15) is 42.9 Å². The summed E-state index contributed by atoms with van der Waals surface area (Å²) in [6.45, 7) is 2.47. The van der Waals surface area contributed by atoms with Crippen LogP contribution in [0.3, 0.4) is 0 Å². The molecule has 0 aromatic heterocycles. The molecule has 0 fully saturated rings. The van der Waals surface area contributed by atoms with Crippen molar-refractivity contribution in [3.63, 3.8) is 0 Å². The molecular formula is C17H24N2O. The van der Waals surface area contributed by atoms with Crippen LogP contribution in [0.5, 0.6) is 5.75 Å². The van der Waals surface area contributed by atoms with Gasteiger partial charge in [-0.05, 0) is 49.4 Å². The van der Waals surface area contributed by atoms with E-state index >= 15 is 0 Å². The molecule has 1 heterocycles. The number of rotatable bonds is 6. The molecule has 1 aromatic rings. The van der Waals surface area contributed by atoms with Crippen molar-refractivity contribution in [1.82, 2.24) is 5.32 Å². The maximum absolute atomic E-state index is 5.94. The van der Waals surface area contributed by atoms with E-state index in [2.05, 4.69) is 29.6 Å². The SMILES string of the molecule is NCC(NCCC1=CCCC1)c1ccc2c(c1)CCO2. The quantitative estimate of drug-likeness (QED) is 0.783. The van der Waals surface area contributed by atoms with Gasteiger partial charge in [0.1, 0.15) is 5.75 Å². The normalized spacial score (nSPS) is 18.6. The maximum Gasteiger partial charge on any atom is 0.122 e. The van der Waals surface area contributed by atoms with E-state index in [9.17, 15) is 0 Å². The molecule has 0 amide bonds. The van der Waals surface area contributed by atoms with E-state index in [1.54, 1.807) is 5.57 Å². The fourth-order valence-corrected chi connectivity index (χ4v) is 3.13. The molecule has 1 aliphatic heterocycles. The van der Waals surface area contributed by atoms with Gasteiger partial charge < -0.3 is 15.8 Å². The first kappa shape index (κ1) is 13.7. The Labute approximate surface area is 121 Å². The molecule has 1 atom stereocenters. The van der Waals surface area contributed by atoms with Crippen molar-refractivity contribution in [3.8, 4) is 5.75 Å². The molecule has 3 N–H and O–H groups in total. The van der Waals surface area contributed by atoms with E-state index in [0.29, 0.717) is 6.54 Å². The van der Waals surface area contributed by atoms with Crippen molar-refractivity contribution < 1.29 is 4.74 Å². The van der Waals surface area contributed by atoms with E-state index in [0.717, 1.165) is 31.7 Å². The highest BCUT2D eigenvalue weighted by atomic mass is 16.5. The van der Waals surface area contributed by atoms with Gasteiger partial charge in [-0.1, -0.05) is 23.8 Å². The van der Waals surface area contributed by atoms with Crippen LogP contribution in [0.15, 0.2) is 29.8 Å². The largest absolute Gasteiger partial charge is 0.493 e. The number of nitrogens with two attached hydrogens (primary N) is 1. The summed E-state index contributed by atoms with van der Waals surface area (Å²) in [7, 11) is 0. The molecule has 0 bridgehead atoms. The number of nitrogens with one attached hydrogen (secondary N) is 1. The summed E-state index contributed by atoms with van der Waals surface area (Å²) >= 11 is 0. The third kappa shape index (κ3) is 3.05. The first-order valence-electron chi connectivity index (χ1n) is 7.74. The lowest BCUT2D eigenvalue weighted by Crippen LogP contribution is -2.29. The number of ether oxygens (including phenoxy) is 1. The van der Waals surface area contributed by atoms with Gasteiger partial charge in [0, 0.05) is 19.0 Å². The van der Waals surface area contributed by atoms with E-state index in [4.69, 9.17) is 10.5 Å². The summed E-state index contributed by atoms with van der Waals surface area (Å²) in [4.78, 5) is 0. The zero-order valence-corrected chi connectivity index (χ0v) is 12.0. The van der Waals surface area contributed by atoms with E-state index < -0.39 is 0 Å². The van der Waals surface area contributed by atoms with Crippen LogP contribution >= 0.6 is 0 Å². The average molecular weight is 272 g/mol. The third-order valence-electron chi connectivity index (χ3n) is 4.32. The lowest BCUT2D eigenvalue weighted by Gasteiger charge is -2.18. The first-order chi connectivity index (χ1) is 9.86. The monoisotopic (exact) mass is 272 g/mol. The fraction of sp³-hybridized carbons (Fsp3) is 0.529. The predicted octanol–water partition coefficient (Wildman–Crippen LogP) is 2.71. The Kier molecular flexibility index (Phi) is 4.38. The number of hydrogen-bond acceptors (Lipinski definition) is 3. The third-order valence-corrected chi connectivity index (χ3v) is 4.32. The maximum atomic E-state index is 5.94. The molecule has 1 aliphatic carbocycles. The van der Waals surface area contributed by atoms with Crippen LogP contribution in [-0.2, 0) is 6.42 Å². The molecule has 108 valence electrons. The molecule has 1 unspecified atom stereocenters. The zero-order valence-electron chi connectivity index (χ0n) is 12.0. The number of allylic oxidation sites excluding steroid dienone is 1. The van der Waals surface area contributed by atoms with Gasteiger partial charge >= 0.3 is 0 Å². The Hall–Kier alpha value is -1.32. The highest BCUT2D eigenvalue weighted by molar-refractivity contribution is 5.40. The highest BCUT2D eigenvalue weighted by Crippen LogP contribution is 2.28. The van der Waals surface area contributed by atoms with Gasteiger partial charge in [-0.25, -0.2) is 0 Å². The van der Waals surface area contributed by atoms with Gasteiger partial charge in [0.25, 0.3) is 0 Å². The van der Waals surface area contributed by atoms with Crippen molar-refractivity contribution >= 4 is 0 Å². The molecule has 2 aliphatic rings. The summed E-state index contributed by atoms with van der Waals surface area (Å²) in [6, 6.07) is 6.73. The Balaban J connectivity index is 1.58. The molecule has 0 saturated heterocycles. The minimum absolute atomic E-state index is 0.253. The standard InChI is InChI=1S/C17H24N2O/c18-12-16(19-9-7-13-3-1-2-4-13)14-5-6-17-15(11-14)8-10-20-17/h3,5-6,11,16,19H,1-2,4,7-10,12,18H2. The molecule has 3 rings (SSSR count). The second-order valence-electron chi connectivity index (χ2n) is 5.71. The molecule has 20 heavy (non-hydrogen) atoms. The Morgan fingerprint density at radius 3 is 3.05 bits per heavy atom. The fourth-order valence-electron chi connectivity index (χ4n) is 3.13. The van der Waals surface area contributed by atoms with Crippen molar-refractivity contribution in [2.45, 2.75) is 38.1 Å². The van der Waals surface area contributed by atoms with Crippen molar-refractivity contribution in [2.24, 2.45) is 5.73 Å². The minimum Gasteiger partial charge on any atom is -0.493 e.